The lowest BCUT2D eigenvalue weighted by atomic mass is 10.0. The molecule has 0 radical (unpaired) electrons. The van der Waals surface area contributed by atoms with Gasteiger partial charge in [-0.3, -0.25) is 4.79 Å². The number of anilines is 1. The van der Waals surface area contributed by atoms with Gasteiger partial charge in [0.05, 0.1) is 18.4 Å². The Hall–Kier alpha value is -3.64. The van der Waals surface area contributed by atoms with Crippen molar-refractivity contribution in [3.8, 4) is 16.9 Å². The van der Waals surface area contributed by atoms with Gasteiger partial charge in [-0.2, -0.15) is 0 Å². The molecule has 0 atom stereocenters. The summed E-state index contributed by atoms with van der Waals surface area (Å²) >= 11 is 0. The fourth-order valence-electron chi connectivity index (χ4n) is 3.75. The number of pyridine rings is 1. The van der Waals surface area contributed by atoms with Gasteiger partial charge in [0, 0.05) is 35.5 Å². The van der Waals surface area contributed by atoms with Crippen molar-refractivity contribution in [2.24, 2.45) is 7.05 Å². The molecule has 2 aromatic heterocycles. The summed E-state index contributed by atoms with van der Waals surface area (Å²) in [6.07, 6.45) is 1.83. The zero-order valence-corrected chi connectivity index (χ0v) is 18.7. The van der Waals surface area contributed by atoms with Crippen LogP contribution < -0.4 is 10.1 Å². The van der Waals surface area contributed by atoms with Crippen molar-refractivity contribution in [3.05, 3.63) is 77.7 Å². The van der Waals surface area contributed by atoms with Crippen molar-refractivity contribution in [1.82, 2.24) is 9.55 Å². The lowest BCUT2D eigenvalue weighted by Gasteiger charge is -2.10. The zero-order chi connectivity index (χ0) is 22.8. The van der Waals surface area contributed by atoms with E-state index >= 15 is 0 Å². The van der Waals surface area contributed by atoms with Gasteiger partial charge in [-0.05, 0) is 74.2 Å². The Kier molecular flexibility index (Phi) is 5.97. The zero-order valence-electron chi connectivity index (χ0n) is 18.7. The minimum atomic E-state index is -0.231. The molecule has 0 spiro atoms. The van der Waals surface area contributed by atoms with E-state index in [-0.39, 0.29) is 18.6 Å². The van der Waals surface area contributed by atoms with Crippen LogP contribution in [0.3, 0.4) is 0 Å². The second-order valence-electron chi connectivity index (χ2n) is 8.14. The first kappa shape index (κ1) is 21.6. The number of hydrogen-bond donors (Lipinski definition) is 2. The number of aromatic nitrogens is 2. The van der Waals surface area contributed by atoms with Crippen LogP contribution in [0.5, 0.6) is 5.75 Å². The standard InChI is InChI=1S/C26H27N3O3/c1-16(2)32-22-9-7-18(8-10-22)26(31)28-25-13-21-12-19(5-6-20(21)14-27-25)23-11-17(3)29(4)24(23)15-30/h5-14,16,30H,15H2,1-4H3,(H,27,28,31). The van der Waals surface area contributed by atoms with E-state index in [1.807, 2.05) is 50.6 Å². The summed E-state index contributed by atoms with van der Waals surface area (Å²) in [5.74, 6) is 0.977. The van der Waals surface area contributed by atoms with E-state index < -0.39 is 0 Å². The summed E-state index contributed by atoms with van der Waals surface area (Å²) in [7, 11) is 1.95. The topological polar surface area (TPSA) is 76.4 Å². The molecule has 4 aromatic rings. The number of aryl methyl sites for hydroxylation is 1. The lowest BCUT2D eigenvalue weighted by molar-refractivity contribution is 0.102. The Morgan fingerprint density at radius 3 is 2.53 bits per heavy atom. The third-order valence-electron chi connectivity index (χ3n) is 5.51. The van der Waals surface area contributed by atoms with Gasteiger partial charge < -0.3 is 19.7 Å². The first-order valence-electron chi connectivity index (χ1n) is 10.6. The number of carbonyl (C=O) groups is 1. The Bertz CT molecular complexity index is 1270. The van der Waals surface area contributed by atoms with Gasteiger partial charge in [0.15, 0.2) is 0 Å². The summed E-state index contributed by atoms with van der Waals surface area (Å²) in [5, 5.41) is 14.6. The van der Waals surface area contributed by atoms with Gasteiger partial charge in [-0.25, -0.2) is 4.98 Å². The Morgan fingerprint density at radius 2 is 1.84 bits per heavy atom. The Labute approximate surface area is 187 Å². The fourth-order valence-corrected chi connectivity index (χ4v) is 3.75. The number of nitrogens with zero attached hydrogens (tertiary/aromatic N) is 2. The molecule has 0 aliphatic rings. The average molecular weight is 430 g/mol. The molecule has 6 heteroatoms. The van der Waals surface area contributed by atoms with Crippen molar-refractivity contribution in [1.29, 1.82) is 0 Å². The molecule has 0 fully saturated rings. The Morgan fingerprint density at radius 1 is 1.09 bits per heavy atom. The smallest absolute Gasteiger partial charge is 0.256 e. The van der Waals surface area contributed by atoms with E-state index in [9.17, 15) is 9.90 Å². The molecular weight excluding hydrogens is 402 g/mol. The summed E-state index contributed by atoms with van der Waals surface area (Å²) in [6.45, 7) is 5.90. The molecule has 2 aromatic carbocycles. The summed E-state index contributed by atoms with van der Waals surface area (Å²) in [6, 6.07) is 17.1. The average Bonchev–Trinajstić information content (AvgIpc) is 3.07. The number of fused-ring (bicyclic) bond motifs is 1. The van der Waals surface area contributed by atoms with E-state index in [1.165, 1.54) is 0 Å². The van der Waals surface area contributed by atoms with Gasteiger partial charge >= 0.3 is 0 Å². The van der Waals surface area contributed by atoms with E-state index in [1.54, 1.807) is 30.5 Å². The lowest BCUT2D eigenvalue weighted by Crippen LogP contribution is -2.13. The van der Waals surface area contributed by atoms with E-state index in [0.717, 1.165) is 39.0 Å². The van der Waals surface area contributed by atoms with Crippen LogP contribution in [0.4, 0.5) is 5.82 Å². The molecule has 0 aliphatic carbocycles. The van der Waals surface area contributed by atoms with Gasteiger partial charge in [0.1, 0.15) is 11.6 Å². The molecule has 1 amide bonds. The maximum absolute atomic E-state index is 12.7. The van der Waals surface area contributed by atoms with Gasteiger partial charge in [0.25, 0.3) is 5.91 Å². The molecule has 4 rings (SSSR count). The normalized spacial score (nSPS) is 11.2. The van der Waals surface area contributed by atoms with Crippen molar-refractivity contribution in [2.75, 3.05) is 5.32 Å². The molecule has 32 heavy (non-hydrogen) atoms. The maximum atomic E-state index is 12.7. The number of carbonyl (C=O) groups excluding carboxylic acids is 1. The number of ether oxygens (including phenoxy) is 1. The van der Waals surface area contributed by atoms with Crippen molar-refractivity contribution < 1.29 is 14.6 Å². The van der Waals surface area contributed by atoms with E-state index in [4.69, 9.17) is 4.74 Å². The van der Waals surface area contributed by atoms with Gasteiger partial charge in [0.2, 0.25) is 0 Å². The Balaban J connectivity index is 1.59. The molecule has 0 saturated heterocycles. The number of amides is 1. The number of aliphatic hydroxyl groups excluding tert-OH is 1. The number of benzene rings is 2. The maximum Gasteiger partial charge on any atom is 0.256 e. The van der Waals surface area contributed by atoms with Crippen molar-refractivity contribution in [3.63, 3.8) is 0 Å². The summed E-state index contributed by atoms with van der Waals surface area (Å²) in [4.78, 5) is 17.1. The molecule has 0 saturated carbocycles. The van der Waals surface area contributed by atoms with Crippen LogP contribution >= 0.6 is 0 Å². The number of nitrogens with one attached hydrogen (secondary N) is 1. The first-order valence-corrected chi connectivity index (χ1v) is 10.6. The number of rotatable bonds is 6. The number of aliphatic hydroxyl groups is 1. The van der Waals surface area contributed by atoms with Crippen LogP contribution in [0.1, 0.15) is 35.6 Å². The fraction of sp³-hybridized carbons (Fsp3) is 0.231. The third kappa shape index (κ3) is 4.36. The van der Waals surface area contributed by atoms with E-state index in [0.29, 0.717) is 11.4 Å². The minimum absolute atomic E-state index is 0.0314. The molecule has 0 unspecified atom stereocenters. The van der Waals surface area contributed by atoms with E-state index in [2.05, 4.69) is 22.4 Å². The highest BCUT2D eigenvalue weighted by Crippen LogP contribution is 2.30. The highest BCUT2D eigenvalue weighted by molar-refractivity contribution is 6.04. The second-order valence-corrected chi connectivity index (χ2v) is 8.14. The van der Waals surface area contributed by atoms with Crippen molar-refractivity contribution >= 4 is 22.5 Å². The van der Waals surface area contributed by atoms with Gasteiger partial charge in [-0.1, -0.05) is 12.1 Å². The SMILES string of the molecule is Cc1cc(-c2ccc3cnc(NC(=O)c4ccc(OC(C)C)cc4)cc3c2)c(CO)n1C. The van der Waals surface area contributed by atoms with Gasteiger partial charge in [-0.15, -0.1) is 0 Å². The third-order valence-corrected chi connectivity index (χ3v) is 5.51. The highest BCUT2D eigenvalue weighted by atomic mass is 16.5. The van der Waals surface area contributed by atoms with Crippen molar-refractivity contribution in [2.45, 2.75) is 33.5 Å². The second kappa shape index (κ2) is 8.85. The predicted molar refractivity (Wildman–Crippen MR) is 127 cm³/mol. The molecule has 0 aliphatic heterocycles. The van der Waals surface area contributed by atoms with Crippen LogP contribution in [-0.2, 0) is 13.7 Å². The minimum Gasteiger partial charge on any atom is -0.491 e. The molecule has 164 valence electrons. The molecule has 0 bridgehead atoms. The highest BCUT2D eigenvalue weighted by Gasteiger charge is 2.13. The molecule has 6 nitrogen and oxygen atoms in total. The summed E-state index contributed by atoms with van der Waals surface area (Å²) < 4.78 is 7.62. The quantitative estimate of drug-likeness (QED) is 0.448. The van der Waals surface area contributed by atoms with Crippen LogP contribution in [0.15, 0.2) is 60.8 Å². The molecular formula is C26H27N3O3. The van der Waals surface area contributed by atoms with Crippen LogP contribution in [0.25, 0.3) is 21.9 Å². The first-order chi connectivity index (χ1) is 15.4. The monoisotopic (exact) mass is 429 g/mol. The molecule has 2 heterocycles. The number of hydrogen-bond acceptors (Lipinski definition) is 4. The molecule has 2 N–H and O–H groups in total. The largest absolute Gasteiger partial charge is 0.491 e. The summed E-state index contributed by atoms with van der Waals surface area (Å²) in [5.41, 5.74) is 4.49. The predicted octanol–water partition coefficient (Wildman–Crippen LogP) is 5.08. The van der Waals surface area contributed by atoms with Crippen LogP contribution in [-0.4, -0.2) is 26.7 Å². The van der Waals surface area contributed by atoms with Crippen LogP contribution in [0.2, 0.25) is 0 Å². The van der Waals surface area contributed by atoms with Crippen LogP contribution in [0, 0.1) is 6.92 Å².